The highest BCUT2D eigenvalue weighted by atomic mass is 35.5. The second-order valence-electron chi connectivity index (χ2n) is 2.27. The summed E-state index contributed by atoms with van der Waals surface area (Å²) >= 11 is 9.90. The maximum absolute atomic E-state index is 5.64. The van der Waals surface area contributed by atoms with Crippen molar-refractivity contribution in [3.8, 4) is 0 Å². The Labute approximate surface area is 71.6 Å². The Morgan fingerprint density at radius 3 is 2.70 bits per heavy atom. The highest BCUT2D eigenvalue weighted by molar-refractivity contribution is 7.80. The number of halogens is 1. The van der Waals surface area contributed by atoms with E-state index in [1.165, 1.54) is 5.56 Å². The van der Waals surface area contributed by atoms with E-state index in [4.69, 9.17) is 11.6 Å². The van der Waals surface area contributed by atoms with Gasteiger partial charge in [0.15, 0.2) is 0 Å². The lowest BCUT2D eigenvalue weighted by atomic mass is 10.2. The third-order valence-electron chi connectivity index (χ3n) is 1.38. The summed E-state index contributed by atoms with van der Waals surface area (Å²) in [5.74, 6) is 0.541. The Morgan fingerprint density at radius 1 is 1.50 bits per heavy atom. The third kappa shape index (κ3) is 1.68. The first kappa shape index (κ1) is 7.96. The smallest absolute Gasteiger partial charge is 0.0485 e. The van der Waals surface area contributed by atoms with Crippen LogP contribution in [0.4, 0.5) is 0 Å². The van der Waals surface area contributed by atoms with Gasteiger partial charge in [-0.05, 0) is 18.6 Å². The second kappa shape index (κ2) is 3.31. The van der Waals surface area contributed by atoms with E-state index in [1.54, 1.807) is 0 Å². The van der Waals surface area contributed by atoms with Crippen LogP contribution in [-0.2, 0) is 5.88 Å². The highest BCUT2D eigenvalue weighted by Crippen LogP contribution is 2.16. The van der Waals surface area contributed by atoms with Crippen molar-refractivity contribution >= 4 is 24.2 Å². The molecule has 0 aromatic heterocycles. The first-order chi connectivity index (χ1) is 4.74. The minimum Gasteiger partial charge on any atom is -0.143 e. The van der Waals surface area contributed by atoms with Gasteiger partial charge in [0, 0.05) is 10.8 Å². The molecule has 1 rings (SSSR count). The molecule has 0 aliphatic heterocycles. The van der Waals surface area contributed by atoms with Crippen LogP contribution in [0.25, 0.3) is 0 Å². The van der Waals surface area contributed by atoms with Crippen LogP contribution in [0.3, 0.4) is 0 Å². The largest absolute Gasteiger partial charge is 0.143 e. The van der Waals surface area contributed by atoms with E-state index < -0.39 is 0 Å². The Bertz CT molecular complexity index is 233. The number of hydrogen-bond donors (Lipinski definition) is 1. The van der Waals surface area contributed by atoms with Gasteiger partial charge in [-0.2, -0.15) is 0 Å². The minimum atomic E-state index is 0.541. The van der Waals surface area contributed by atoms with Gasteiger partial charge in [-0.15, -0.1) is 24.2 Å². The molecule has 0 bridgehead atoms. The maximum Gasteiger partial charge on any atom is 0.0485 e. The lowest BCUT2D eigenvalue weighted by molar-refractivity contribution is 1.24. The molecule has 0 aliphatic carbocycles. The van der Waals surface area contributed by atoms with Gasteiger partial charge in [-0.3, -0.25) is 0 Å². The van der Waals surface area contributed by atoms with Crippen LogP contribution in [0, 0.1) is 6.92 Å². The zero-order valence-corrected chi connectivity index (χ0v) is 7.41. The molecule has 0 atom stereocenters. The Kier molecular flexibility index (Phi) is 2.64. The van der Waals surface area contributed by atoms with Crippen molar-refractivity contribution in [3.05, 3.63) is 29.3 Å². The third-order valence-corrected chi connectivity index (χ3v) is 2.09. The van der Waals surface area contributed by atoms with Crippen molar-refractivity contribution in [1.29, 1.82) is 0 Å². The summed E-state index contributed by atoms with van der Waals surface area (Å²) in [4.78, 5) is 0.981. The molecule has 1 aromatic rings. The van der Waals surface area contributed by atoms with E-state index in [-0.39, 0.29) is 0 Å². The molecular weight excluding hydrogens is 164 g/mol. The normalized spacial score (nSPS) is 9.90. The van der Waals surface area contributed by atoms with E-state index in [2.05, 4.69) is 12.6 Å². The fourth-order valence-corrected chi connectivity index (χ4v) is 1.47. The molecule has 0 aliphatic rings. The van der Waals surface area contributed by atoms with E-state index in [0.717, 1.165) is 10.5 Å². The molecule has 0 unspecified atom stereocenters. The molecule has 0 radical (unpaired) electrons. The molecule has 0 spiro atoms. The van der Waals surface area contributed by atoms with Gasteiger partial charge >= 0.3 is 0 Å². The number of rotatable bonds is 1. The number of hydrogen-bond acceptors (Lipinski definition) is 1. The first-order valence-electron chi connectivity index (χ1n) is 3.08. The average molecular weight is 173 g/mol. The molecule has 1 aromatic carbocycles. The van der Waals surface area contributed by atoms with Crippen molar-refractivity contribution in [3.63, 3.8) is 0 Å². The van der Waals surface area contributed by atoms with Gasteiger partial charge in [-0.1, -0.05) is 17.7 Å². The number of thiol groups is 1. The van der Waals surface area contributed by atoms with Crippen molar-refractivity contribution < 1.29 is 0 Å². The monoisotopic (exact) mass is 172 g/mol. The van der Waals surface area contributed by atoms with Crippen LogP contribution < -0.4 is 0 Å². The van der Waals surface area contributed by atoms with Gasteiger partial charge in [0.1, 0.15) is 0 Å². The van der Waals surface area contributed by atoms with E-state index in [9.17, 15) is 0 Å². The molecule has 10 heavy (non-hydrogen) atoms. The van der Waals surface area contributed by atoms with Crippen LogP contribution >= 0.6 is 24.2 Å². The zero-order chi connectivity index (χ0) is 7.56. The quantitative estimate of drug-likeness (QED) is 0.489. The maximum atomic E-state index is 5.64. The minimum absolute atomic E-state index is 0.541. The predicted molar refractivity (Wildman–Crippen MR) is 48.0 cm³/mol. The molecule has 0 saturated heterocycles. The fourth-order valence-electron chi connectivity index (χ4n) is 0.787. The molecule has 2 heteroatoms. The lowest BCUT2D eigenvalue weighted by Gasteiger charge is -2.00. The predicted octanol–water partition coefficient (Wildman–Crippen LogP) is 3.02. The topological polar surface area (TPSA) is 0 Å². The molecule has 0 amide bonds. The first-order valence-corrected chi connectivity index (χ1v) is 4.06. The molecular formula is C8H9ClS. The van der Waals surface area contributed by atoms with E-state index >= 15 is 0 Å². The summed E-state index contributed by atoms with van der Waals surface area (Å²) in [5.41, 5.74) is 2.31. The van der Waals surface area contributed by atoms with Gasteiger partial charge < -0.3 is 0 Å². The van der Waals surface area contributed by atoms with E-state index in [0.29, 0.717) is 5.88 Å². The number of alkyl halides is 1. The summed E-state index contributed by atoms with van der Waals surface area (Å²) in [6.45, 7) is 2.04. The van der Waals surface area contributed by atoms with Crippen molar-refractivity contribution in [2.75, 3.05) is 0 Å². The van der Waals surface area contributed by atoms with Crippen molar-refractivity contribution in [2.45, 2.75) is 17.7 Å². The highest BCUT2D eigenvalue weighted by Gasteiger charge is 1.95. The fraction of sp³-hybridized carbons (Fsp3) is 0.250. The van der Waals surface area contributed by atoms with Crippen molar-refractivity contribution in [2.24, 2.45) is 0 Å². The van der Waals surface area contributed by atoms with E-state index in [1.807, 2.05) is 25.1 Å². The van der Waals surface area contributed by atoms with Crippen LogP contribution in [-0.4, -0.2) is 0 Å². The van der Waals surface area contributed by atoms with Crippen LogP contribution in [0.2, 0.25) is 0 Å². The summed E-state index contributed by atoms with van der Waals surface area (Å²) in [6.07, 6.45) is 0. The molecule has 0 saturated carbocycles. The second-order valence-corrected chi connectivity index (χ2v) is 3.01. The summed E-state index contributed by atoms with van der Waals surface area (Å²) in [7, 11) is 0. The van der Waals surface area contributed by atoms with Gasteiger partial charge in [-0.25, -0.2) is 0 Å². The number of aryl methyl sites for hydroxylation is 1. The Hall–Kier alpha value is -0.140. The molecule has 0 heterocycles. The van der Waals surface area contributed by atoms with Crippen LogP contribution in [0.5, 0.6) is 0 Å². The van der Waals surface area contributed by atoms with Gasteiger partial charge in [0.25, 0.3) is 0 Å². The SMILES string of the molecule is Cc1ccc(CCl)c(S)c1. The zero-order valence-electron chi connectivity index (χ0n) is 5.76. The standard InChI is InChI=1S/C8H9ClS/c1-6-2-3-7(5-9)8(10)4-6/h2-4,10H,5H2,1H3. The average Bonchev–Trinajstić information content (AvgIpc) is 1.88. The Balaban J connectivity index is 3.07. The molecule has 0 nitrogen and oxygen atoms in total. The van der Waals surface area contributed by atoms with Crippen LogP contribution in [0.1, 0.15) is 11.1 Å². The summed E-state index contributed by atoms with van der Waals surface area (Å²) in [5, 5.41) is 0. The molecule has 0 fully saturated rings. The number of benzene rings is 1. The summed E-state index contributed by atoms with van der Waals surface area (Å²) in [6, 6.07) is 6.06. The van der Waals surface area contributed by atoms with Gasteiger partial charge in [0.05, 0.1) is 0 Å². The van der Waals surface area contributed by atoms with Crippen molar-refractivity contribution in [1.82, 2.24) is 0 Å². The molecule has 0 N–H and O–H groups in total. The Morgan fingerprint density at radius 2 is 2.20 bits per heavy atom. The lowest BCUT2D eigenvalue weighted by Crippen LogP contribution is -1.81. The van der Waals surface area contributed by atoms with Gasteiger partial charge in [0.2, 0.25) is 0 Å². The van der Waals surface area contributed by atoms with Crippen LogP contribution in [0.15, 0.2) is 23.1 Å². The summed E-state index contributed by atoms with van der Waals surface area (Å²) < 4.78 is 0. The molecule has 54 valence electrons.